The van der Waals surface area contributed by atoms with Crippen molar-refractivity contribution >= 4 is 35.1 Å². The van der Waals surface area contributed by atoms with Gasteiger partial charge in [-0.05, 0) is 23.8 Å². The van der Waals surface area contributed by atoms with Crippen molar-refractivity contribution in [1.82, 2.24) is 19.6 Å². The average molecular weight is 411 g/mol. The van der Waals surface area contributed by atoms with Crippen LogP contribution < -0.4 is 0 Å². The van der Waals surface area contributed by atoms with Gasteiger partial charge in [0, 0.05) is 49.0 Å². The van der Waals surface area contributed by atoms with Gasteiger partial charge in [-0.1, -0.05) is 29.3 Å². The molecule has 144 valence electrons. The number of halogens is 2. The molecule has 1 amide bonds. The van der Waals surface area contributed by atoms with Gasteiger partial charge in [0.25, 0.3) is 5.91 Å². The Morgan fingerprint density at radius 3 is 2.52 bits per heavy atom. The highest BCUT2D eigenvalue weighted by Crippen LogP contribution is 2.22. The van der Waals surface area contributed by atoms with Gasteiger partial charge in [0.15, 0.2) is 0 Å². The van der Waals surface area contributed by atoms with Crippen LogP contribution in [0.1, 0.15) is 22.5 Å². The molecule has 0 atom stereocenters. The zero-order chi connectivity index (χ0) is 19.4. The van der Waals surface area contributed by atoms with Gasteiger partial charge in [-0.25, -0.2) is 0 Å². The highest BCUT2D eigenvalue weighted by Gasteiger charge is 2.24. The van der Waals surface area contributed by atoms with Crippen molar-refractivity contribution in [3.8, 4) is 0 Å². The van der Waals surface area contributed by atoms with Crippen LogP contribution in [0.2, 0.25) is 10.0 Å². The zero-order valence-corrected chi connectivity index (χ0v) is 16.2. The summed E-state index contributed by atoms with van der Waals surface area (Å²) in [7, 11) is 0. The number of carbonyl (C=O) groups excluding carboxylic acids is 1. The highest BCUT2D eigenvalue weighted by atomic mass is 35.5. The fourth-order valence-corrected chi connectivity index (χ4v) is 3.44. The first-order chi connectivity index (χ1) is 12.9. The van der Waals surface area contributed by atoms with Gasteiger partial charge in [0.05, 0.1) is 13.0 Å². The Bertz CT molecular complexity index is 832. The summed E-state index contributed by atoms with van der Waals surface area (Å²) in [6.07, 6.45) is 1.61. The second-order valence-electron chi connectivity index (χ2n) is 6.41. The summed E-state index contributed by atoms with van der Waals surface area (Å²) in [4.78, 5) is 27.2. The first kappa shape index (κ1) is 19.7. The van der Waals surface area contributed by atoms with E-state index in [-0.39, 0.29) is 18.9 Å². The molecule has 1 aliphatic rings. The Kier molecular flexibility index (Phi) is 6.36. The molecule has 0 bridgehead atoms. The van der Waals surface area contributed by atoms with E-state index in [1.165, 1.54) is 4.68 Å². The molecule has 0 radical (unpaired) electrons. The number of hydrogen-bond acceptors (Lipinski definition) is 4. The third-order valence-corrected chi connectivity index (χ3v) is 5.07. The van der Waals surface area contributed by atoms with Gasteiger partial charge in [0.1, 0.15) is 5.69 Å². The third-order valence-electron chi connectivity index (χ3n) is 4.48. The molecule has 2 heterocycles. The Morgan fingerprint density at radius 2 is 1.85 bits per heavy atom. The summed E-state index contributed by atoms with van der Waals surface area (Å²) in [6, 6.07) is 7.11. The minimum Gasteiger partial charge on any atom is -0.481 e. The van der Waals surface area contributed by atoms with E-state index in [0.717, 1.165) is 18.7 Å². The molecule has 1 aliphatic heterocycles. The van der Waals surface area contributed by atoms with Gasteiger partial charge >= 0.3 is 5.97 Å². The molecule has 0 spiro atoms. The van der Waals surface area contributed by atoms with Gasteiger partial charge in [-0.3, -0.25) is 19.2 Å². The molecule has 27 heavy (non-hydrogen) atoms. The fraction of sp³-hybridized carbons (Fsp3) is 0.389. The Morgan fingerprint density at radius 1 is 1.11 bits per heavy atom. The van der Waals surface area contributed by atoms with Crippen LogP contribution >= 0.6 is 23.2 Å². The third kappa shape index (κ3) is 5.22. The first-order valence-electron chi connectivity index (χ1n) is 8.63. The number of carboxylic acids is 1. The zero-order valence-electron chi connectivity index (χ0n) is 14.6. The van der Waals surface area contributed by atoms with E-state index in [1.807, 2.05) is 12.1 Å². The van der Waals surface area contributed by atoms with E-state index < -0.39 is 5.97 Å². The summed E-state index contributed by atoms with van der Waals surface area (Å²) in [6.45, 7) is 3.65. The van der Waals surface area contributed by atoms with Crippen molar-refractivity contribution in [1.29, 1.82) is 0 Å². The number of rotatable bonds is 6. The second kappa shape index (κ2) is 8.73. The number of hydrogen-bond donors (Lipinski definition) is 1. The van der Waals surface area contributed by atoms with Crippen molar-refractivity contribution in [2.75, 3.05) is 26.2 Å². The molecule has 1 aromatic heterocycles. The minimum absolute atomic E-state index is 0.0265. The quantitative estimate of drug-likeness (QED) is 0.791. The maximum atomic E-state index is 12.6. The van der Waals surface area contributed by atoms with Crippen molar-refractivity contribution in [3.63, 3.8) is 0 Å². The van der Waals surface area contributed by atoms with Crippen LogP contribution in [0.3, 0.4) is 0 Å². The maximum absolute atomic E-state index is 12.6. The second-order valence-corrected chi connectivity index (χ2v) is 7.26. The lowest BCUT2D eigenvalue weighted by molar-refractivity contribution is -0.137. The van der Waals surface area contributed by atoms with Crippen molar-refractivity contribution < 1.29 is 14.7 Å². The van der Waals surface area contributed by atoms with Crippen LogP contribution in [0.25, 0.3) is 0 Å². The standard InChI is InChI=1S/C18H20Cl2N4O3/c19-14-2-1-13(15(20)11-14)12-22-7-9-23(10-8-22)18(27)16-3-5-24(21-16)6-4-17(25)26/h1-3,5,11H,4,6-10,12H2,(H,25,26). The summed E-state index contributed by atoms with van der Waals surface area (Å²) in [5.74, 6) is -1.02. The average Bonchev–Trinajstić information content (AvgIpc) is 3.11. The van der Waals surface area contributed by atoms with Crippen LogP contribution in [-0.4, -0.2) is 62.7 Å². The molecule has 0 unspecified atom stereocenters. The van der Waals surface area contributed by atoms with Gasteiger partial charge in [-0.2, -0.15) is 5.10 Å². The number of aryl methyl sites for hydroxylation is 1. The predicted octanol–water partition coefficient (Wildman–Crippen LogP) is 2.62. The molecule has 1 fully saturated rings. The maximum Gasteiger partial charge on any atom is 0.305 e. The van der Waals surface area contributed by atoms with E-state index >= 15 is 0 Å². The summed E-state index contributed by atoms with van der Waals surface area (Å²) < 4.78 is 1.49. The summed E-state index contributed by atoms with van der Waals surface area (Å²) in [5.41, 5.74) is 1.35. The van der Waals surface area contributed by atoms with Crippen LogP contribution in [0, 0.1) is 0 Å². The smallest absolute Gasteiger partial charge is 0.305 e. The van der Waals surface area contributed by atoms with E-state index in [2.05, 4.69) is 10.00 Å². The van der Waals surface area contributed by atoms with Crippen LogP contribution in [0.15, 0.2) is 30.5 Å². The number of amides is 1. The molecular weight excluding hydrogens is 391 g/mol. The molecule has 1 N–H and O–H groups in total. The van der Waals surface area contributed by atoms with Crippen molar-refractivity contribution in [2.45, 2.75) is 19.5 Å². The number of aliphatic carboxylic acids is 1. The van der Waals surface area contributed by atoms with Crippen molar-refractivity contribution in [3.05, 3.63) is 51.8 Å². The van der Waals surface area contributed by atoms with Crippen LogP contribution in [-0.2, 0) is 17.9 Å². The molecule has 0 aliphatic carbocycles. The largest absolute Gasteiger partial charge is 0.481 e. The van der Waals surface area contributed by atoms with E-state index in [4.69, 9.17) is 28.3 Å². The van der Waals surface area contributed by atoms with Gasteiger partial charge in [0.2, 0.25) is 0 Å². The van der Waals surface area contributed by atoms with Gasteiger partial charge in [-0.15, -0.1) is 0 Å². The number of aromatic nitrogens is 2. The highest BCUT2D eigenvalue weighted by molar-refractivity contribution is 6.35. The number of piperazine rings is 1. The molecule has 7 nitrogen and oxygen atoms in total. The monoisotopic (exact) mass is 410 g/mol. The van der Waals surface area contributed by atoms with Gasteiger partial charge < -0.3 is 10.0 Å². The molecule has 1 aromatic carbocycles. The molecule has 1 saturated heterocycles. The Hall–Kier alpha value is -2.09. The normalized spacial score (nSPS) is 15.1. The van der Waals surface area contributed by atoms with Crippen molar-refractivity contribution in [2.24, 2.45) is 0 Å². The number of carboxylic acid groups (broad SMARTS) is 1. The predicted molar refractivity (Wildman–Crippen MR) is 102 cm³/mol. The topological polar surface area (TPSA) is 78.7 Å². The molecule has 2 aromatic rings. The molecular formula is C18H20Cl2N4O3. The lowest BCUT2D eigenvalue weighted by atomic mass is 10.2. The Labute approximate surface area is 167 Å². The lowest BCUT2D eigenvalue weighted by Crippen LogP contribution is -2.48. The number of benzene rings is 1. The summed E-state index contributed by atoms with van der Waals surface area (Å²) >= 11 is 12.2. The fourth-order valence-electron chi connectivity index (χ4n) is 2.97. The van der Waals surface area contributed by atoms with E-state index in [1.54, 1.807) is 23.2 Å². The first-order valence-corrected chi connectivity index (χ1v) is 9.39. The van der Waals surface area contributed by atoms with Crippen LogP contribution in [0.4, 0.5) is 0 Å². The number of carbonyl (C=O) groups is 2. The minimum atomic E-state index is -0.893. The number of nitrogens with zero attached hydrogens (tertiary/aromatic N) is 4. The SMILES string of the molecule is O=C(O)CCn1ccc(C(=O)N2CCN(Cc3ccc(Cl)cc3Cl)CC2)n1. The molecule has 9 heteroatoms. The van der Waals surface area contributed by atoms with Crippen LogP contribution in [0.5, 0.6) is 0 Å². The lowest BCUT2D eigenvalue weighted by Gasteiger charge is -2.34. The van der Waals surface area contributed by atoms with E-state index in [9.17, 15) is 9.59 Å². The van der Waals surface area contributed by atoms with E-state index in [0.29, 0.717) is 35.4 Å². The Balaban J connectivity index is 1.52. The molecule has 3 rings (SSSR count). The molecule has 0 saturated carbocycles. The summed E-state index contributed by atoms with van der Waals surface area (Å²) in [5, 5.41) is 14.2.